The smallest absolute Gasteiger partial charge is 0.321 e. The highest BCUT2D eigenvalue weighted by Gasteiger charge is 2.16. The zero-order valence-corrected chi connectivity index (χ0v) is 12.7. The van der Waals surface area contributed by atoms with Crippen molar-refractivity contribution in [2.24, 2.45) is 0 Å². The lowest BCUT2D eigenvalue weighted by atomic mass is 10.1. The van der Waals surface area contributed by atoms with Gasteiger partial charge >= 0.3 is 6.03 Å². The predicted octanol–water partition coefficient (Wildman–Crippen LogP) is 3.68. The summed E-state index contributed by atoms with van der Waals surface area (Å²) in [5, 5.41) is 13.2. The molecule has 0 aromatic heterocycles. The second kappa shape index (κ2) is 7.24. The molecule has 6 heteroatoms. The Balaban J connectivity index is 1.96. The molecule has 0 unspecified atom stereocenters. The van der Waals surface area contributed by atoms with Gasteiger partial charge < -0.3 is 15.3 Å². The molecule has 2 rings (SSSR count). The molecule has 4 nitrogen and oxygen atoms in total. The zero-order valence-electron chi connectivity index (χ0n) is 12.0. The number of likely N-dealkylation sites (N-methyl/N-ethyl adjacent to an activating group) is 1. The maximum absolute atomic E-state index is 12.9. The second-order valence-corrected chi connectivity index (χ2v) is 5.27. The summed E-state index contributed by atoms with van der Waals surface area (Å²) in [6.07, 6.45) is -0.900. The SMILES string of the molecule is CN(C[C@@H](O)c1ccc(F)cc1)C(=O)Nc1ccccc1Cl. The molecule has 0 aliphatic carbocycles. The fourth-order valence-electron chi connectivity index (χ4n) is 1.91. The quantitative estimate of drug-likeness (QED) is 0.902. The molecule has 2 aromatic rings. The van der Waals surface area contributed by atoms with E-state index >= 15 is 0 Å². The Morgan fingerprint density at radius 1 is 1.27 bits per heavy atom. The third-order valence-electron chi connectivity index (χ3n) is 3.16. The molecule has 116 valence electrons. The van der Waals surface area contributed by atoms with E-state index in [1.807, 2.05) is 0 Å². The number of aliphatic hydroxyl groups excluding tert-OH is 1. The van der Waals surface area contributed by atoms with Crippen LogP contribution in [0.25, 0.3) is 0 Å². The van der Waals surface area contributed by atoms with E-state index in [0.29, 0.717) is 16.3 Å². The largest absolute Gasteiger partial charge is 0.387 e. The molecule has 0 heterocycles. The van der Waals surface area contributed by atoms with Crippen molar-refractivity contribution in [1.29, 1.82) is 0 Å². The molecule has 0 bridgehead atoms. The van der Waals surface area contributed by atoms with Crippen LogP contribution in [0.5, 0.6) is 0 Å². The first kappa shape index (κ1) is 16.3. The number of nitrogens with zero attached hydrogens (tertiary/aromatic N) is 1. The lowest BCUT2D eigenvalue weighted by Crippen LogP contribution is -2.34. The van der Waals surface area contributed by atoms with Gasteiger partial charge in [0.15, 0.2) is 0 Å². The van der Waals surface area contributed by atoms with Crippen molar-refractivity contribution in [3.8, 4) is 0 Å². The molecule has 22 heavy (non-hydrogen) atoms. The lowest BCUT2D eigenvalue weighted by Gasteiger charge is -2.22. The number of nitrogens with one attached hydrogen (secondary N) is 1. The Bertz CT molecular complexity index is 649. The van der Waals surface area contributed by atoms with Gasteiger partial charge in [0.2, 0.25) is 0 Å². The Morgan fingerprint density at radius 2 is 1.91 bits per heavy atom. The monoisotopic (exact) mass is 322 g/mol. The minimum atomic E-state index is -0.900. The van der Waals surface area contributed by atoms with Crippen LogP contribution >= 0.6 is 11.6 Å². The third kappa shape index (κ3) is 4.19. The number of hydrogen-bond acceptors (Lipinski definition) is 2. The number of carbonyl (C=O) groups excluding carboxylic acids is 1. The summed E-state index contributed by atoms with van der Waals surface area (Å²) in [5.41, 5.74) is 1.04. The Labute approximate surface area is 133 Å². The van der Waals surface area contributed by atoms with Gasteiger partial charge in [0.05, 0.1) is 23.4 Å². The fourth-order valence-corrected chi connectivity index (χ4v) is 2.09. The number of benzene rings is 2. The molecule has 1 atom stereocenters. The zero-order chi connectivity index (χ0) is 16.1. The van der Waals surface area contributed by atoms with E-state index in [2.05, 4.69) is 5.32 Å². The first-order valence-corrected chi connectivity index (χ1v) is 7.05. The maximum atomic E-state index is 12.9. The summed E-state index contributed by atoms with van der Waals surface area (Å²) >= 11 is 5.97. The first-order valence-electron chi connectivity index (χ1n) is 6.67. The molecule has 0 aliphatic rings. The van der Waals surface area contributed by atoms with Gasteiger partial charge in [-0.05, 0) is 29.8 Å². The minimum absolute atomic E-state index is 0.0713. The number of halogens is 2. The highest BCUT2D eigenvalue weighted by molar-refractivity contribution is 6.33. The van der Waals surface area contributed by atoms with Crippen LogP contribution in [0.3, 0.4) is 0 Å². The first-order chi connectivity index (χ1) is 10.5. The fraction of sp³-hybridized carbons (Fsp3) is 0.188. The molecule has 0 aliphatic heterocycles. The maximum Gasteiger partial charge on any atom is 0.321 e. The number of rotatable bonds is 4. The number of amides is 2. The second-order valence-electron chi connectivity index (χ2n) is 4.86. The van der Waals surface area contributed by atoms with Gasteiger partial charge in [0, 0.05) is 7.05 Å². The van der Waals surface area contributed by atoms with Crippen LogP contribution < -0.4 is 5.32 Å². The number of carbonyl (C=O) groups is 1. The average Bonchev–Trinajstić information content (AvgIpc) is 2.50. The van der Waals surface area contributed by atoms with E-state index in [-0.39, 0.29) is 12.4 Å². The standard InChI is InChI=1S/C16H16ClFN2O2/c1-20(10-15(21)11-6-8-12(18)9-7-11)16(22)19-14-5-3-2-4-13(14)17/h2-9,15,21H,10H2,1H3,(H,19,22)/t15-/m1/s1. The van der Waals surface area contributed by atoms with Crippen molar-refractivity contribution in [1.82, 2.24) is 4.90 Å². The van der Waals surface area contributed by atoms with E-state index in [1.54, 1.807) is 31.3 Å². The van der Waals surface area contributed by atoms with Gasteiger partial charge in [-0.3, -0.25) is 0 Å². The number of urea groups is 1. The molecule has 0 radical (unpaired) electrons. The summed E-state index contributed by atoms with van der Waals surface area (Å²) in [6.45, 7) is 0.0713. The molecule has 2 N–H and O–H groups in total. The van der Waals surface area contributed by atoms with Crippen LogP contribution in [-0.2, 0) is 0 Å². The normalized spacial score (nSPS) is 11.8. The van der Waals surface area contributed by atoms with Crippen LogP contribution in [0.2, 0.25) is 5.02 Å². The van der Waals surface area contributed by atoms with Gasteiger partial charge in [0.1, 0.15) is 5.82 Å². The predicted molar refractivity (Wildman–Crippen MR) is 84.5 cm³/mol. The summed E-state index contributed by atoms with van der Waals surface area (Å²) in [4.78, 5) is 13.4. The minimum Gasteiger partial charge on any atom is -0.387 e. The van der Waals surface area contributed by atoms with Crippen molar-refractivity contribution >= 4 is 23.3 Å². The Hall–Kier alpha value is -2.11. The summed E-state index contributed by atoms with van der Waals surface area (Å²) in [5.74, 6) is -0.374. The molecule has 0 saturated heterocycles. The van der Waals surface area contributed by atoms with E-state index in [1.165, 1.54) is 29.2 Å². The molecule has 2 aromatic carbocycles. The van der Waals surface area contributed by atoms with Crippen LogP contribution in [0.15, 0.2) is 48.5 Å². The van der Waals surface area contributed by atoms with Crippen LogP contribution in [0.4, 0.5) is 14.9 Å². The van der Waals surface area contributed by atoms with Crippen molar-refractivity contribution in [3.05, 3.63) is 64.9 Å². The molecule has 0 saturated carbocycles. The van der Waals surface area contributed by atoms with Crippen molar-refractivity contribution in [3.63, 3.8) is 0 Å². The van der Waals surface area contributed by atoms with Gasteiger partial charge in [-0.2, -0.15) is 0 Å². The van der Waals surface area contributed by atoms with Crippen molar-refractivity contribution in [2.75, 3.05) is 18.9 Å². The number of hydrogen-bond donors (Lipinski definition) is 2. The number of para-hydroxylation sites is 1. The molecule has 0 spiro atoms. The van der Waals surface area contributed by atoms with Crippen molar-refractivity contribution < 1.29 is 14.3 Å². The third-order valence-corrected chi connectivity index (χ3v) is 3.49. The van der Waals surface area contributed by atoms with Crippen LogP contribution in [-0.4, -0.2) is 29.6 Å². The molecule has 0 fully saturated rings. The van der Waals surface area contributed by atoms with Gasteiger partial charge in [-0.25, -0.2) is 9.18 Å². The van der Waals surface area contributed by atoms with E-state index in [9.17, 15) is 14.3 Å². The average molecular weight is 323 g/mol. The summed E-state index contributed by atoms with van der Waals surface area (Å²) < 4.78 is 12.9. The topological polar surface area (TPSA) is 52.6 Å². The van der Waals surface area contributed by atoms with E-state index < -0.39 is 12.1 Å². The Morgan fingerprint density at radius 3 is 2.55 bits per heavy atom. The number of anilines is 1. The highest BCUT2D eigenvalue weighted by atomic mass is 35.5. The molecule has 2 amide bonds. The number of aliphatic hydroxyl groups is 1. The van der Waals surface area contributed by atoms with Gasteiger partial charge in [-0.15, -0.1) is 0 Å². The van der Waals surface area contributed by atoms with E-state index in [4.69, 9.17) is 11.6 Å². The van der Waals surface area contributed by atoms with Crippen LogP contribution in [0.1, 0.15) is 11.7 Å². The summed E-state index contributed by atoms with van der Waals surface area (Å²) in [6, 6.07) is 12.0. The Kier molecular flexibility index (Phi) is 5.35. The van der Waals surface area contributed by atoms with Crippen molar-refractivity contribution in [2.45, 2.75) is 6.10 Å². The van der Waals surface area contributed by atoms with Crippen LogP contribution in [0, 0.1) is 5.82 Å². The lowest BCUT2D eigenvalue weighted by molar-refractivity contribution is 0.136. The molecular formula is C16H16ClFN2O2. The molecular weight excluding hydrogens is 307 g/mol. The van der Waals surface area contributed by atoms with Gasteiger partial charge in [-0.1, -0.05) is 35.9 Å². The van der Waals surface area contributed by atoms with E-state index in [0.717, 1.165) is 0 Å². The summed E-state index contributed by atoms with van der Waals surface area (Å²) in [7, 11) is 1.55. The highest BCUT2D eigenvalue weighted by Crippen LogP contribution is 2.21. The van der Waals surface area contributed by atoms with Gasteiger partial charge in [0.25, 0.3) is 0 Å².